The zero-order valence-electron chi connectivity index (χ0n) is 18.8. The molecule has 0 radical (unpaired) electrons. The molecule has 1 aliphatic heterocycles. The summed E-state index contributed by atoms with van der Waals surface area (Å²) in [5, 5.41) is 0.325. The summed E-state index contributed by atoms with van der Waals surface area (Å²) in [6.07, 6.45) is 3.72. The van der Waals surface area contributed by atoms with Crippen LogP contribution in [0.4, 0.5) is 10.1 Å². The van der Waals surface area contributed by atoms with Crippen molar-refractivity contribution in [1.82, 2.24) is 14.4 Å². The monoisotopic (exact) mass is 493 g/mol. The van der Waals surface area contributed by atoms with Crippen molar-refractivity contribution in [2.24, 2.45) is 11.7 Å². The number of anilines is 1. The molecule has 0 spiro atoms. The van der Waals surface area contributed by atoms with E-state index in [0.29, 0.717) is 35.7 Å². The summed E-state index contributed by atoms with van der Waals surface area (Å²) in [5.41, 5.74) is 10.9. The molecule has 0 bridgehead atoms. The first-order valence-electron chi connectivity index (χ1n) is 11.5. The molecular weight excluding hydrogens is 469 g/mol. The number of nitrogens with zero attached hydrogens (tertiary/aromatic N) is 2. The highest BCUT2D eigenvalue weighted by molar-refractivity contribution is 7.12. The molecule has 180 valence electrons. The number of H-pyrrole nitrogens is 1. The van der Waals surface area contributed by atoms with Crippen molar-refractivity contribution in [3.63, 3.8) is 0 Å². The van der Waals surface area contributed by atoms with Crippen LogP contribution in [0.2, 0.25) is 0 Å². The van der Waals surface area contributed by atoms with Gasteiger partial charge in [-0.3, -0.25) is 24.3 Å². The first kappa shape index (κ1) is 22.0. The van der Waals surface area contributed by atoms with Gasteiger partial charge in [0.2, 0.25) is 5.43 Å². The van der Waals surface area contributed by atoms with Gasteiger partial charge in [-0.15, -0.1) is 0 Å². The molecule has 1 saturated carbocycles. The second kappa shape index (κ2) is 8.63. The zero-order chi connectivity index (χ0) is 24.1. The van der Waals surface area contributed by atoms with Crippen LogP contribution in [0, 0.1) is 11.7 Å². The van der Waals surface area contributed by atoms with Gasteiger partial charge in [0.05, 0.1) is 23.5 Å². The molecule has 35 heavy (non-hydrogen) atoms. The molecular formula is C25H24FN5O3S. The molecule has 6 rings (SSSR count). The molecule has 4 N–H and O–H groups in total. The van der Waals surface area contributed by atoms with E-state index in [9.17, 15) is 9.59 Å². The van der Waals surface area contributed by atoms with Crippen LogP contribution in [0.3, 0.4) is 0 Å². The molecule has 1 unspecified atom stereocenters. The summed E-state index contributed by atoms with van der Waals surface area (Å²) in [6, 6.07) is 12.9. The molecule has 0 amide bonds. The van der Waals surface area contributed by atoms with Crippen molar-refractivity contribution < 1.29 is 9.23 Å². The summed E-state index contributed by atoms with van der Waals surface area (Å²) in [6.45, 7) is 1.22. The smallest absolute Gasteiger partial charge is 0.271 e. The van der Waals surface area contributed by atoms with E-state index in [2.05, 4.69) is 9.85 Å². The second-order valence-electron chi connectivity index (χ2n) is 9.01. The highest BCUT2D eigenvalue weighted by atomic mass is 32.1. The maximum Gasteiger partial charge on any atom is 0.271 e. The van der Waals surface area contributed by atoms with Gasteiger partial charge in [0, 0.05) is 36.6 Å². The van der Waals surface area contributed by atoms with E-state index in [-0.39, 0.29) is 22.7 Å². The minimum atomic E-state index is -0.526. The first-order chi connectivity index (χ1) is 17.0. The number of halogens is 1. The van der Waals surface area contributed by atoms with Gasteiger partial charge in [0.25, 0.3) is 5.56 Å². The lowest BCUT2D eigenvalue weighted by atomic mass is 10.1. The molecule has 1 aliphatic carbocycles. The maximum absolute atomic E-state index is 15.4. The van der Waals surface area contributed by atoms with Crippen molar-refractivity contribution in [3.8, 4) is 0 Å². The van der Waals surface area contributed by atoms with Crippen molar-refractivity contribution in [1.29, 1.82) is 0 Å². The molecule has 2 aromatic carbocycles. The van der Waals surface area contributed by atoms with Gasteiger partial charge < -0.3 is 15.2 Å². The van der Waals surface area contributed by atoms with Crippen molar-refractivity contribution in [2.75, 3.05) is 18.0 Å². The zero-order valence-corrected chi connectivity index (χ0v) is 19.6. The Morgan fingerprint density at radius 2 is 2.00 bits per heavy atom. The number of nitrogens with one attached hydrogen (secondary N) is 2. The van der Waals surface area contributed by atoms with Crippen LogP contribution in [-0.2, 0) is 11.4 Å². The quantitative estimate of drug-likeness (QED) is 0.341. The first-order valence-corrected chi connectivity index (χ1v) is 12.4. The fraction of sp³-hybridized carbons (Fsp3) is 0.280. The number of aromatic amines is 1. The van der Waals surface area contributed by atoms with Crippen molar-refractivity contribution in [2.45, 2.75) is 25.5 Å². The van der Waals surface area contributed by atoms with Crippen LogP contribution in [0.5, 0.6) is 0 Å². The van der Waals surface area contributed by atoms with Crippen LogP contribution < -0.4 is 27.1 Å². The van der Waals surface area contributed by atoms with E-state index in [1.165, 1.54) is 6.07 Å². The predicted octanol–water partition coefficient (Wildman–Crippen LogP) is 3.34. The summed E-state index contributed by atoms with van der Waals surface area (Å²) in [7, 11) is 0. The number of hydroxylamine groups is 1. The largest absolute Gasteiger partial charge is 0.343 e. The standard InChI is InChI=1S/C25H24FN5O3S/c26-18-8-17-20(31(16-6-7-16)25-22(23(17)32)24(33)29-35-25)9-21(18)30-11-15(10-27)19(12-30)28-34-13-14-4-2-1-3-5-14/h1-5,8-9,12,15-16,28H,6-7,10-11,13,27H2,(H,29,33). The molecule has 0 saturated heterocycles. The predicted molar refractivity (Wildman–Crippen MR) is 135 cm³/mol. The third-order valence-corrected chi connectivity index (χ3v) is 7.51. The number of rotatable bonds is 7. The molecule has 2 aliphatic rings. The number of nitrogens with two attached hydrogens (primary N) is 1. The topological polar surface area (TPSA) is 105 Å². The van der Waals surface area contributed by atoms with Gasteiger partial charge in [0.15, 0.2) is 0 Å². The van der Waals surface area contributed by atoms with Gasteiger partial charge in [0.1, 0.15) is 16.0 Å². The van der Waals surface area contributed by atoms with E-state index in [4.69, 9.17) is 10.6 Å². The molecule has 10 heteroatoms. The van der Waals surface area contributed by atoms with Crippen LogP contribution in [0.15, 0.2) is 64.0 Å². The average Bonchev–Trinajstić information content (AvgIpc) is 3.51. The van der Waals surface area contributed by atoms with Crippen molar-refractivity contribution in [3.05, 3.63) is 86.3 Å². The van der Waals surface area contributed by atoms with E-state index in [0.717, 1.165) is 35.6 Å². The summed E-state index contributed by atoms with van der Waals surface area (Å²) < 4.78 is 20.1. The lowest BCUT2D eigenvalue weighted by Crippen LogP contribution is -2.28. The fourth-order valence-electron chi connectivity index (χ4n) is 4.67. The normalized spacial score (nSPS) is 17.9. The van der Waals surface area contributed by atoms with Crippen LogP contribution >= 0.6 is 11.5 Å². The molecule has 3 heterocycles. The van der Waals surface area contributed by atoms with Crippen LogP contribution in [0.1, 0.15) is 24.4 Å². The second-order valence-corrected chi connectivity index (χ2v) is 9.81. The lowest BCUT2D eigenvalue weighted by Gasteiger charge is -2.20. The Morgan fingerprint density at radius 3 is 2.74 bits per heavy atom. The number of hydrogen-bond acceptors (Lipinski definition) is 7. The Bertz CT molecular complexity index is 1570. The van der Waals surface area contributed by atoms with Gasteiger partial charge in [-0.25, -0.2) is 4.39 Å². The molecule has 2 aromatic heterocycles. The molecule has 8 nitrogen and oxygen atoms in total. The van der Waals surface area contributed by atoms with E-state index in [1.807, 2.05) is 34.9 Å². The third-order valence-electron chi connectivity index (χ3n) is 6.63. The number of hydrogen-bond donors (Lipinski definition) is 3. The van der Waals surface area contributed by atoms with Gasteiger partial charge in [-0.05, 0) is 42.1 Å². The van der Waals surface area contributed by atoms with Gasteiger partial charge in [-0.1, -0.05) is 30.3 Å². The van der Waals surface area contributed by atoms with E-state index in [1.54, 1.807) is 17.2 Å². The highest BCUT2D eigenvalue weighted by Gasteiger charge is 2.31. The van der Waals surface area contributed by atoms with Crippen LogP contribution in [0.25, 0.3) is 21.1 Å². The molecule has 1 atom stereocenters. The molecule has 4 aromatic rings. The number of fused-ring (bicyclic) bond motifs is 2. The number of pyridine rings is 1. The Balaban J connectivity index is 1.37. The van der Waals surface area contributed by atoms with E-state index >= 15 is 4.39 Å². The van der Waals surface area contributed by atoms with Crippen molar-refractivity contribution >= 4 is 38.3 Å². The maximum atomic E-state index is 15.4. The summed E-state index contributed by atoms with van der Waals surface area (Å²) in [5.74, 6) is -0.592. The van der Waals surface area contributed by atoms with E-state index < -0.39 is 16.8 Å². The van der Waals surface area contributed by atoms with Gasteiger partial charge in [-0.2, -0.15) is 0 Å². The Labute approximate surface area is 203 Å². The van der Waals surface area contributed by atoms with Crippen LogP contribution in [-0.4, -0.2) is 22.0 Å². The fourth-order valence-corrected chi connectivity index (χ4v) is 5.60. The number of benzene rings is 2. The average molecular weight is 494 g/mol. The SMILES string of the molecule is NCC1CN(c2cc3c(cc2F)c(=O)c2c(=O)[nH]sc2n3C2CC2)C=C1NOCc1ccccc1. The highest BCUT2D eigenvalue weighted by Crippen LogP contribution is 2.41. The third kappa shape index (κ3) is 3.83. The minimum Gasteiger partial charge on any atom is -0.343 e. The van der Waals surface area contributed by atoms with Gasteiger partial charge >= 0.3 is 0 Å². The Kier molecular flexibility index (Phi) is 5.43. The summed E-state index contributed by atoms with van der Waals surface area (Å²) >= 11 is 1.15. The lowest BCUT2D eigenvalue weighted by molar-refractivity contribution is 0.0440. The number of aromatic nitrogens is 2. The minimum absolute atomic E-state index is 0.0658. The molecule has 1 fully saturated rings. The Morgan fingerprint density at radius 1 is 1.20 bits per heavy atom. The Hall–Kier alpha value is -3.47. The summed E-state index contributed by atoms with van der Waals surface area (Å²) in [4.78, 5) is 33.4.